The molecule has 0 saturated heterocycles. The number of aliphatic hydroxyl groups excluding tert-OH is 2. The van der Waals surface area contributed by atoms with E-state index in [2.05, 4.69) is 15.0 Å². The van der Waals surface area contributed by atoms with E-state index in [1.807, 2.05) is 58.9 Å². The predicted molar refractivity (Wildman–Crippen MR) is 142 cm³/mol. The van der Waals surface area contributed by atoms with Crippen molar-refractivity contribution in [2.24, 2.45) is 10.9 Å². The molecule has 1 aliphatic heterocycles. The lowest BCUT2D eigenvalue weighted by Gasteiger charge is -2.32. The summed E-state index contributed by atoms with van der Waals surface area (Å²) in [6.07, 6.45) is 6.66. The molecule has 2 unspecified atom stereocenters. The molecule has 10 nitrogen and oxygen atoms in total. The molecule has 0 aromatic heterocycles. The number of anilines is 1. The average Bonchev–Trinajstić information content (AvgIpc) is 2.86. The van der Waals surface area contributed by atoms with Crippen LogP contribution in [0, 0.1) is 5.92 Å². The van der Waals surface area contributed by atoms with Gasteiger partial charge >= 0.3 is 12.6 Å². The van der Waals surface area contributed by atoms with E-state index in [1.54, 1.807) is 6.07 Å². The maximum atomic E-state index is 13.4. The highest BCUT2D eigenvalue weighted by molar-refractivity contribution is 6.19. The van der Waals surface area contributed by atoms with Crippen LogP contribution in [0.2, 0.25) is 0 Å². The summed E-state index contributed by atoms with van der Waals surface area (Å²) in [6, 6.07) is 3.42. The molecule has 1 aliphatic carbocycles. The summed E-state index contributed by atoms with van der Waals surface area (Å²) in [4.78, 5) is 29.4. The maximum Gasteiger partial charge on any atom is 0.508 e. The Morgan fingerprint density at radius 1 is 1.16 bits per heavy atom. The van der Waals surface area contributed by atoms with Crippen LogP contribution in [0.4, 0.5) is 10.5 Å². The Balaban J connectivity index is 2.06. The van der Waals surface area contributed by atoms with E-state index in [4.69, 9.17) is 14.2 Å². The Hall–Kier alpha value is -3.63. The number of carbonyl (C=O) groups is 2. The predicted octanol–water partition coefficient (Wildman–Crippen LogP) is 4.64. The van der Waals surface area contributed by atoms with E-state index in [0.717, 1.165) is 5.56 Å². The van der Waals surface area contributed by atoms with Crippen LogP contribution < -0.4 is 10.1 Å². The second kappa shape index (κ2) is 11.4. The number of ether oxygens (including phenoxy) is 4. The number of amides is 1. The summed E-state index contributed by atoms with van der Waals surface area (Å²) in [5.74, 6) is -0.750. The van der Waals surface area contributed by atoms with Crippen LogP contribution in [0.15, 0.2) is 52.4 Å². The Morgan fingerprint density at radius 2 is 1.87 bits per heavy atom. The lowest BCUT2D eigenvalue weighted by Crippen LogP contribution is -2.30. The van der Waals surface area contributed by atoms with Gasteiger partial charge in [-0.2, -0.15) is 0 Å². The first kappa shape index (κ1) is 28.9. The third-order valence-electron chi connectivity index (χ3n) is 6.38. The second-order valence-corrected chi connectivity index (χ2v) is 10.8. The number of hydrogen-bond donors (Lipinski definition) is 3. The van der Waals surface area contributed by atoms with Crippen molar-refractivity contribution >= 4 is 24.0 Å². The Labute approximate surface area is 222 Å². The number of aliphatic hydroxyl groups is 2. The number of aliphatic imine (C=N–C) groups is 1. The molecule has 1 aromatic carbocycles. The molecule has 0 fully saturated rings. The molecule has 0 spiro atoms. The number of nitrogens with zero attached hydrogens (tertiary/aromatic N) is 1. The molecule has 0 bridgehead atoms. The zero-order valence-electron chi connectivity index (χ0n) is 22.8. The van der Waals surface area contributed by atoms with Gasteiger partial charge in [0.2, 0.25) is 0 Å². The quantitative estimate of drug-likeness (QED) is 0.328. The molecule has 3 N–H and O–H groups in total. The molecule has 0 saturated carbocycles. The number of allylic oxidation sites excluding steroid dienone is 3. The standard InChI is InChI=1S/C28H36N2O8/c1-27(2,3)18-12-19(28(4,5)15-37-25(33)35-6)22(38-26(34)36-7)13-21(18)30-24(32)17-14-29-20-11-9-8-10-16(20)23(17)31/h8-9,11-14,16,26,31,34H,10,15H2,1-7H3,(H,30,32). The summed E-state index contributed by atoms with van der Waals surface area (Å²) in [6.45, 7) is 7.99. The molecule has 1 aromatic rings. The fraction of sp³-hybridized carbons (Fsp3) is 0.464. The van der Waals surface area contributed by atoms with E-state index < -0.39 is 29.4 Å². The number of methoxy groups -OCH3 is 2. The number of fused-ring (bicyclic) bond motifs is 1. The average molecular weight is 529 g/mol. The van der Waals surface area contributed by atoms with Gasteiger partial charge in [-0.05, 0) is 29.5 Å². The SMILES string of the molecule is COC(=O)OCC(C)(C)c1cc(C(C)(C)C)c(NC(=O)C2=C(O)C3CC=CC=C3N=C2)cc1OC(O)OC. The van der Waals surface area contributed by atoms with Gasteiger partial charge in [-0.1, -0.05) is 46.8 Å². The summed E-state index contributed by atoms with van der Waals surface area (Å²) in [5.41, 5.74) is 1.29. The number of nitrogens with one attached hydrogen (secondary N) is 1. The topological polar surface area (TPSA) is 136 Å². The minimum Gasteiger partial charge on any atom is -0.511 e. The second-order valence-electron chi connectivity index (χ2n) is 10.8. The van der Waals surface area contributed by atoms with Crippen LogP contribution in [0.1, 0.15) is 52.2 Å². The fourth-order valence-corrected chi connectivity index (χ4v) is 4.22. The normalized spacial score (nSPS) is 17.9. The zero-order valence-corrected chi connectivity index (χ0v) is 22.8. The van der Waals surface area contributed by atoms with Crippen LogP contribution in [0.25, 0.3) is 0 Å². The van der Waals surface area contributed by atoms with Crippen molar-refractivity contribution in [3.63, 3.8) is 0 Å². The Kier molecular flexibility index (Phi) is 8.68. The number of carbonyl (C=O) groups excluding carboxylic acids is 2. The van der Waals surface area contributed by atoms with Crippen molar-refractivity contribution < 1.29 is 38.7 Å². The van der Waals surface area contributed by atoms with Gasteiger partial charge in [-0.3, -0.25) is 9.79 Å². The first-order chi connectivity index (χ1) is 17.8. The monoisotopic (exact) mass is 528 g/mol. The minimum atomic E-state index is -1.59. The summed E-state index contributed by atoms with van der Waals surface area (Å²) < 4.78 is 20.3. The molecular weight excluding hydrogens is 492 g/mol. The van der Waals surface area contributed by atoms with Crippen LogP contribution in [-0.2, 0) is 29.8 Å². The fourth-order valence-electron chi connectivity index (χ4n) is 4.22. The van der Waals surface area contributed by atoms with Crippen LogP contribution in [0.3, 0.4) is 0 Å². The van der Waals surface area contributed by atoms with Crippen LogP contribution in [0.5, 0.6) is 5.75 Å². The lowest BCUT2D eigenvalue weighted by atomic mass is 9.78. The molecule has 0 radical (unpaired) electrons. The Bertz CT molecular complexity index is 1200. The maximum absolute atomic E-state index is 13.4. The van der Waals surface area contributed by atoms with Gasteiger partial charge in [0.05, 0.1) is 24.3 Å². The molecule has 2 atom stereocenters. The van der Waals surface area contributed by atoms with Crippen molar-refractivity contribution in [2.75, 3.05) is 26.1 Å². The van der Waals surface area contributed by atoms with Gasteiger partial charge in [0, 0.05) is 36.1 Å². The van der Waals surface area contributed by atoms with E-state index in [9.17, 15) is 19.8 Å². The molecule has 10 heteroatoms. The van der Waals surface area contributed by atoms with E-state index in [1.165, 1.54) is 20.4 Å². The molecular formula is C28H36N2O8. The third kappa shape index (κ3) is 6.43. The zero-order chi connectivity index (χ0) is 28.3. The first-order valence-corrected chi connectivity index (χ1v) is 12.2. The molecule has 1 heterocycles. The number of rotatable bonds is 8. The van der Waals surface area contributed by atoms with E-state index in [0.29, 0.717) is 23.4 Å². The summed E-state index contributed by atoms with van der Waals surface area (Å²) in [5, 5.41) is 23.8. The number of benzene rings is 1. The van der Waals surface area contributed by atoms with Gasteiger partial charge in [0.25, 0.3) is 5.91 Å². The smallest absolute Gasteiger partial charge is 0.508 e. The summed E-state index contributed by atoms with van der Waals surface area (Å²) >= 11 is 0. The van der Waals surface area contributed by atoms with E-state index in [-0.39, 0.29) is 29.6 Å². The lowest BCUT2D eigenvalue weighted by molar-refractivity contribution is -0.200. The number of hydrogen-bond acceptors (Lipinski definition) is 9. The Morgan fingerprint density at radius 3 is 2.50 bits per heavy atom. The molecule has 206 valence electrons. The van der Waals surface area contributed by atoms with Gasteiger partial charge in [-0.15, -0.1) is 0 Å². The van der Waals surface area contributed by atoms with E-state index >= 15 is 0 Å². The summed E-state index contributed by atoms with van der Waals surface area (Å²) in [7, 11) is 2.50. The highest BCUT2D eigenvalue weighted by Gasteiger charge is 2.33. The van der Waals surface area contributed by atoms with Crippen molar-refractivity contribution in [2.45, 2.75) is 58.3 Å². The van der Waals surface area contributed by atoms with Crippen molar-refractivity contribution in [1.82, 2.24) is 0 Å². The highest BCUT2D eigenvalue weighted by Crippen LogP contribution is 2.41. The molecule has 3 rings (SSSR count). The minimum absolute atomic E-state index is 0.0443. The van der Waals surface area contributed by atoms with Crippen molar-refractivity contribution in [1.29, 1.82) is 0 Å². The molecule has 2 aliphatic rings. The van der Waals surface area contributed by atoms with Gasteiger partial charge in [0.1, 0.15) is 18.1 Å². The molecule has 1 amide bonds. The van der Waals surface area contributed by atoms with Gasteiger partial charge in [0.15, 0.2) is 0 Å². The first-order valence-electron chi connectivity index (χ1n) is 12.2. The largest absolute Gasteiger partial charge is 0.511 e. The highest BCUT2D eigenvalue weighted by atomic mass is 16.8. The van der Waals surface area contributed by atoms with Gasteiger partial charge in [-0.25, -0.2) is 4.79 Å². The van der Waals surface area contributed by atoms with Crippen molar-refractivity contribution in [3.05, 3.63) is 58.5 Å². The van der Waals surface area contributed by atoms with Crippen LogP contribution >= 0.6 is 0 Å². The third-order valence-corrected chi connectivity index (χ3v) is 6.38. The van der Waals surface area contributed by atoms with Crippen LogP contribution in [-0.4, -0.2) is 55.8 Å². The molecule has 38 heavy (non-hydrogen) atoms. The van der Waals surface area contributed by atoms with Crippen molar-refractivity contribution in [3.8, 4) is 5.75 Å². The van der Waals surface area contributed by atoms with Gasteiger partial charge < -0.3 is 34.5 Å². The number of dihydropyridines is 1.